The Morgan fingerprint density at radius 2 is 0.676 bits per heavy atom. The van der Waals surface area contributed by atoms with Gasteiger partial charge in [0.25, 0.3) is 6.71 Å². The van der Waals surface area contributed by atoms with E-state index in [-0.39, 0.29) is 44.6 Å². The Morgan fingerprint density at radius 3 is 1.09 bits per heavy atom. The van der Waals surface area contributed by atoms with Crippen molar-refractivity contribution < 1.29 is 4.42 Å². The van der Waals surface area contributed by atoms with E-state index in [0.717, 1.165) is 78.3 Å². The Morgan fingerprint density at radius 1 is 0.296 bits per heavy atom. The molecule has 0 aliphatic carbocycles. The van der Waals surface area contributed by atoms with Crippen LogP contribution in [0.25, 0.3) is 104 Å². The fraction of sp³-hybridized carbons (Fsp3) is 0.275. The van der Waals surface area contributed by atoms with Crippen molar-refractivity contribution in [3.63, 3.8) is 0 Å². The molecule has 0 atom stereocenters. The van der Waals surface area contributed by atoms with Crippen LogP contribution >= 0.6 is 11.3 Å². The Kier molecular flexibility index (Phi) is 16.2. The molecule has 0 bridgehead atoms. The van der Waals surface area contributed by atoms with Crippen LogP contribution in [0.1, 0.15) is 184 Å². The molecule has 108 heavy (non-hydrogen) atoms. The topological polar surface area (TPSA) is 24.6 Å². The molecule has 0 saturated heterocycles. The molecule has 3 aromatic heterocycles. The summed E-state index contributed by atoms with van der Waals surface area (Å²) in [6.45, 7) is 49.0. The fourth-order valence-electron chi connectivity index (χ4n) is 17.1. The molecule has 4 nitrogen and oxygen atoms in total. The second-order valence-corrected chi connectivity index (χ2v) is 39.4. The van der Waals surface area contributed by atoms with E-state index in [4.69, 9.17) is 4.42 Å². The molecule has 0 unspecified atom stereocenters. The number of thiophene rings is 1. The van der Waals surface area contributed by atoms with Crippen molar-refractivity contribution in [2.24, 2.45) is 0 Å². The highest BCUT2D eigenvalue weighted by Gasteiger charge is 2.49. The van der Waals surface area contributed by atoms with E-state index in [0.29, 0.717) is 0 Å². The van der Waals surface area contributed by atoms with Crippen LogP contribution in [0.3, 0.4) is 0 Å². The van der Waals surface area contributed by atoms with Crippen molar-refractivity contribution in [3.05, 3.63) is 276 Å². The van der Waals surface area contributed by atoms with E-state index in [1.54, 1.807) is 0 Å². The molecule has 15 aromatic rings. The normalized spacial score (nSPS) is 13.7. The van der Waals surface area contributed by atoms with Crippen LogP contribution in [0.5, 0.6) is 0 Å². The maximum Gasteiger partial charge on any atom is 0.264 e. The van der Waals surface area contributed by atoms with E-state index >= 15 is 0 Å². The van der Waals surface area contributed by atoms with Gasteiger partial charge in [0.15, 0.2) is 5.58 Å². The molecule has 17 rings (SSSR count). The predicted molar refractivity (Wildman–Crippen MR) is 470 cm³/mol. The van der Waals surface area contributed by atoms with Crippen LogP contribution in [-0.4, -0.2) is 11.3 Å². The van der Waals surface area contributed by atoms with Crippen molar-refractivity contribution in [1.29, 1.82) is 0 Å². The van der Waals surface area contributed by atoms with Crippen LogP contribution in [0.15, 0.2) is 241 Å². The zero-order chi connectivity index (χ0) is 76.0. The summed E-state index contributed by atoms with van der Waals surface area (Å²) in [6, 6.07) is 92.7. The minimum Gasteiger partial charge on any atom is -0.454 e. The van der Waals surface area contributed by atoms with Gasteiger partial charge in [-0.2, -0.15) is 0 Å². The van der Waals surface area contributed by atoms with Gasteiger partial charge in [-0.05, 0) is 189 Å². The molecular formula is C102H102BN3OS. The summed E-state index contributed by atoms with van der Waals surface area (Å²) in [5.41, 5.74) is 31.8. The number of hydrogen-bond donors (Lipinski definition) is 0. The van der Waals surface area contributed by atoms with Crippen LogP contribution in [-0.2, 0) is 37.9 Å². The first-order chi connectivity index (χ1) is 51.0. The van der Waals surface area contributed by atoms with Gasteiger partial charge in [0, 0.05) is 75.7 Å². The van der Waals surface area contributed by atoms with Crippen molar-refractivity contribution in [3.8, 4) is 50.2 Å². The molecule has 5 heterocycles. The van der Waals surface area contributed by atoms with E-state index in [1.165, 1.54) is 114 Å². The summed E-state index contributed by atoms with van der Waals surface area (Å²) in [4.78, 5) is 5.51. The van der Waals surface area contributed by atoms with Crippen molar-refractivity contribution in [1.82, 2.24) is 4.57 Å². The Labute approximate surface area is 645 Å². The van der Waals surface area contributed by atoms with Gasteiger partial charge < -0.3 is 18.8 Å². The predicted octanol–water partition coefficient (Wildman–Crippen LogP) is 27.7. The number of rotatable bonds is 7. The first-order valence-electron chi connectivity index (χ1n) is 39.1. The third-order valence-corrected chi connectivity index (χ3v) is 24.7. The largest absolute Gasteiger partial charge is 0.454 e. The Balaban J connectivity index is 1.11. The monoisotopic (exact) mass is 1430 g/mol. The number of nitrogens with zero attached hydrogens (tertiary/aromatic N) is 3. The van der Waals surface area contributed by atoms with E-state index in [9.17, 15) is 0 Å². The summed E-state index contributed by atoms with van der Waals surface area (Å²) in [5, 5.41) is 5.85. The molecule has 12 aromatic carbocycles. The molecule has 0 radical (unpaired) electrons. The standard InChI is InChI=1S/C102H102BN3OS/c1-96(2,3)65-42-34-61(35-43-65)76-55-70(101(16,17)18)56-77(62-36-44-66(45-37-62)97(4,5)6)90(76)105-85-52-51-72(104-83-31-25-22-28-73(83)74-29-23-26-32-84(74)104)59-82(85)103-89-86(60-80-75-30-24-27-33-87(75)107-94(80)93(89)105)106(92-81-54-69(100(13,14)15)50-53-88(81)108-95(92)103)91-78(63-38-46-67(47-39-63)98(7,8)9)57-71(102(19,20)21)58-79(91)64-40-48-68(49-41-64)99(10,11)12/h22-60H,1-21H3. The first-order valence-corrected chi connectivity index (χ1v) is 39.9. The fourth-order valence-corrected chi connectivity index (χ4v) is 18.4. The van der Waals surface area contributed by atoms with Gasteiger partial charge in [0.1, 0.15) is 5.58 Å². The Bertz CT molecular complexity index is 5910. The van der Waals surface area contributed by atoms with Gasteiger partial charge in [-0.3, -0.25) is 0 Å². The summed E-state index contributed by atoms with van der Waals surface area (Å²) < 4.78 is 12.9. The van der Waals surface area contributed by atoms with Crippen molar-refractivity contribution in [2.45, 2.75) is 183 Å². The molecule has 6 heteroatoms. The molecule has 0 fully saturated rings. The Hall–Kier alpha value is -10.1. The van der Waals surface area contributed by atoms with Crippen LogP contribution in [0.4, 0.5) is 34.1 Å². The number of para-hydroxylation sites is 3. The lowest BCUT2D eigenvalue weighted by Gasteiger charge is -2.45. The smallest absolute Gasteiger partial charge is 0.264 e. The molecule has 0 saturated carbocycles. The number of aromatic nitrogens is 1. The molecule has 0 amide bonds. The number of fused-ring (bicyclic) bond motifs is 13. The second kappa shape index (κ2) is 24.7. The van der Waals surface area contributed by atoms with Crippen molar-refractivity contribution in [2.75, 3.05) is 9.80 Å². The van der Waals surface area contributed by atoms with Gasteiger partial charge >= 0.3 is 0 Å². The SMILES string of the molecule is CC(C)(C)c1ccc(-c2cc(C(C)(C)C)cc(-c3ccc(C(C)(C)C)cc3)c2N2c3cc4c(oc5ccccc54)c4c3B(c3cc(-n5c6ccccc6c6ccccc65)ccc3N4c3c(-c4ccc(C(C)(C)C)cc4)cc(C(C)(C)C)cc3-c3ccc(C(C)(C)C)cc3)c3sc4ccc(C(C)(C)C)cc4c32)cc1. The quantitative estimate of drug-likeness (QED) is 0.149. The average Bonchev–Trinajstić information content (AvgIpc) is 1.35. The summed E-state index contributed by atoms with van der Waals surface area (Å²) in [7, 11) is 0. The summed E-state index contributed by atoms with van der Waals surface area (Å²) in [6.07, 6.45) is 0. The number of benzene rings is 12. The van der Waals surface area contributed by atoms with E-state index in [2.05, 4.69) is 396 Å². The maximum atomic E-state index is 7.84. The highest BCUT2D eigenvalue weighted by Crippen LogP contribution is 2.59. The number of hydrogen-bond acceptors (Lipinski definition) is 4. The molecule has 540 valence electrons. The van der Waals surface area contributed by atoms with Gasteiger partial charge in [-0.1, -0.05) is 303 Å². The lowest BCUT2D eigenvalue weighted by molar-refractivity contribution is 0.589. The molecule has 2 aliphatic rings. The van der Waals surface area contributed by atoms with Crippen molar-refractivity contribution >= 4 is 122 Å². The first kappa shape index (κ1) is 70.8. The minimum atomic E-state index is -0.301. The highest BCUT2D eigenvalue weighted by molar-refractivity contribution is 7.33. The molecule has 0 spiro atoms. The van der Waals surface area contributed by atoms with E-state index < -0.39 is 0 Å². The zero-order valence-corrected chi connectivity index (χ0v) is 68.1. The molecule has 0 N–H and O–H groups in total. The lowest BCUT2D eigenvalue weighted by atomic mass is 9.36. The minimum absolute atomic E-state index is 0.0598. The third-order valence-electron chi connectivity index (χ3n) is 23.5. The molecule has 2 aliphatic heterocycles. The van der Waals surface area contributed by atoms with Gasteiger partial charge in [-0.25, -0.2) is 0 Å². The van der Waals surface area contributed by atoms with Crippen LogP contribution in [0.2, 0.25) is 0 Å². The maximum absolute atomic E-state index is 7.84. The van der Waals surface area contributed by atoms with Gasteiger partial charge in [-0.15, -0.1) is 11.3 Å². The average molecular weight is 1430 g/mol. The highest BCUT2D eigenvalue weighted by atomic mass is 32.1. The second-order valence-electron chi connectivity index (χ2n) is 38.3. The number of furan rings is 1. The van der Waals surface area contributed by atoms with Gasteiger partial charge in [0.05, 0.1) is 33.8 Å². The third kappa shape index (κ3) is 11.8. The summed E-state index contributed by atoms with van der Waals surface area (Å²) in [5.74, 6) is 0. The van der Waals surface area contributed by atoms with Crippen LogP contribution in [0, 0.1) is 0 Å². The van der Waals surface area contributed by atoms with Gasteiger partial charge in [0.2, 0.25) is 0 Å². The van der Waals surface area contributed by atoms with E-state index in [1.807, 2.05) is 11.3 Å². The molecular weight excluding hydrogens is 1330 g/mol. The number of anilines is 6. The summed E-state index contributed by atoms with van der Waals surface area (Å²) >= 11 is 1.97. The zero-order valence-electron chi connectivity index (χ0n) is 67.3. The van der Waals surface area contributed by atoms with Crippen LogP contribution < -0.4 is 25.5 Å². The lowest BCUT2D eigenvalue weighted by Crippen LogP contribution is -2.60.